The van der Waals surface area contributed by atoms with Crippen LogP contribution in [0.5, 0.6) is 0 Å². The SMILES string of the molecule is N#Cc1cccnc1N1CCC2NC(=O)CCC2C1. The van der Waals surface area contributed by atoms with Crippen molar-refractivity contribution in [3.05, 3.63) is 23.9 Å². The van der Waals surface area contributed by atoms with E-state index in [2.05, 4.69) is 21.3 Å². The van der Waals surface area contributed by atoms with E-state index in [-0.39, 0.29) is 5.91 Å². The number of amides is 1. The quantitative estimate of drug-likeness (QED) is 0.815. The van der Waals surface area contributed by atoms with Gasteiger partial charge in [0.05, 0.1) is 5.56 Å². The number of nitrogens with zero attached hydrogens (tertiary/aromatic N) is 3. The van der Waals surface area contributed by atoms with E-state index in [1.54, 1.807) is 18.3 Å². The number of carbonyl (C=O) groups excluding carboxylic acids is 1. The second-order valence-electron chi connectivity index (χ2n) is 5.19. The van der Waals surface area contributed by atoms with Gasteiger partial charge in [-0.1, -0.05) is 0 Å². The minimum atomic E-state index is 0.172. The van der Waals surface area contributed by atoms with Crippen molar-refractivity contribution in [1.82, 2.24) is 10.3 Å². The van der Waals surface area contributed by atoms with E-state index in [1.807, 2.05) is 0 Å². The van der Waals surface area contributed by atoms with Crippen molar-refractivity contribution < 1.29 is 4.79 Å². The molecule has 1 N–H and O–H groups in total. The van der Waals surface area contributed by atoms with Crippen LogP contribution in [0.1, 0.15) is 24.8 Å². The van der Waals surface area contributed by atoms with Gasteiger partial charge in [0.25, 0.3) is 0 Å². The summed E-state index contributed by atoms with van der Waals surface area (Å²) in [5, 5.41) is 12.2. The Kier molecular flexibility index (Phi) is 3.08. The molecule has 3 rings (SSSR count). The van der Waals surface area contributed by atoms with Crippen LogP contribution in [0.2, 0.25) is 0 Å². The maximum atomic E-state index is 11.4. The topological polar surface area (TPSA) is 69.0 Å². The zero-order valence-corrected chi connectivity index (χ0v) is 10.7. The second kappa shape index (κ2) is 4.88. The summed E-state index contributed by atoms with van der Waals surface area (Å²) in [4.78, 5) is 17.9. The van der Waals surface area contributed by atoms with Crippen LogP contribution in [0.3, 0.4) is 0 Å². The highest BCUT2D eigenvalue weighted by Gasteiger charge is 2.34. The van der Waals surface area contributed by atoms with E-state index in [1.165, 1.54) is 0 Å². The van der Waals surface area contributed by atoms with E-state index in [0.29, 0.717) is 23.9 Å². The van der Waals surface area contributed by atoms with Gasteiger partial charge in [-0.05, 0) is 30.9 Å². The molecule has 19 heavy (non-hydrogen) atoms. The summed E-state index contributed by atoms with van der Waals surface area (Å²) in [7, 11) is 0. The summed E-state index contributed by atoms with van der Waals surface area (Å²) >= 11 is 0. The van der Waals surface area contributed by atoms with Gasteiger partial charge >= 0.3 is 0 Å². The Balaban J connectivity index is 1.78. The molecule has 2 fully saturated rings. The second-order valence-corrected chi connectivity index (χ2v) is 5.19. The van der Waals surface area contributed by atoms with Gasteiger partial charge in [0.2, 0.25) is 5.91 Å². The first-order valence-electron chi connectivity index (χ1n) is 6.67. The van der Waals surface area contributed by atoms with Crippen molar-refractivity contribution >= 4 is 11.7 Å². The van der Waals surface area contributed by atoms with Crippen LogP contribution in [0.25, 0.3) is 0 Å². The molecule has 2 unspecified atom stereocenters. The highest BCUT2D eigenvalue weighted by molar-refractivity contribution is 5.77. The van der Waals surface area contributed by atoms with Crippen molar-refractivity contribution in [2.24, 2.45) is 5.92 Å². The first-order valence-corrected chi connectivity index (χ1v) is 6.67. The van der Waals surface area contributed by atoms with Crippen LogP contribution in [-0.2, 0) is 4.79 Å². The lowest BCUT2D eigenvalue weighted by Gasteiger charge is -2.42. The maximum absolute atomic E-state index is 11.4. The highest BCUT2D eigenvalue weighted by Crippen LogP contribution is 2.28. The van der Waals surface area contributed by atoms with E-state index >= 15 is 0 Å². The molecule has 98 valence electrons. The molecular formula is C14H16N4O. The number of anilines is 1. The lowest BCUT2D eigenvalue weighted by Crippen LogP contribution is -2.54. The Hall–Kier alpha value is -2.09. The Bertz CT molecular complexity index is 536. The van der Waals surface area contributed by atoms with Crippen LogP contribution in [0.4, 0.5) is 5.82 Å². The predicted octanol–water partition coefficient (Wildman–Crippen LogP) is 1.06. The number of fused-ring (bicyclic) bond motifs is 1. The van der Waals surface area contributed by atoms with Crippen LogP contribution in [-0.4, -0.2) is 30.0 Å². The van der Waals surface area contributed by atoms with Gasteiger partial charge in [-0.3, -0.25) is 4.79 Å². The first-order chi connectivity index (χ1) is 9.28. The van der Waals surface area contributed by atoms with E-state index in [4.69, 9.17) is 5.26 Å². The smallest absolute Gasteiger partial charge is 0.220 e. The molecule has 0 saturated carbocycles. The molecular weight excluding hydrogens is 240 g/mol. The van der Waals surface area contributed by atoms with Gasteiger partial charge in [0.1, 0.15) is 11.9 Å². The number of carbonyl (C=O) groups is 1. The van der Waals surface area contributed by atoms with Crippen molar-refractivity contribution in [3.8, 4) is 6.07 Å². The summed E-state index contributed by atoms with van der Waals surface area (Å²) in [6, 6.07) is 6.09. The summed E-state index contributed by atoms with van der Waals surface area (Å²) in [6.45, 7) is 1.71. The molecule has 2 saturated heterocycles. The van der Waals surface area contributed by atoms with Gasteiger partial charge in [-0.2, -0.15) is 5.26 Å². The van der Waals surface area contributed by atoms with Gasteiger partial charge in [-0.15, -0.1) is 0 Å². The zero-order valence-electron chi connectivity index (χ0n) is 10.7. The van der Waals surface area contributed by atoms with Crippen molar-refractivity contribution in [2.45, 2.75) is 25.3 Å². The summed E-state index contributed by atoms with van der Waals surface area (Å²) < 4.78 is 0. The molecule has 2 atom stereocenters. The summed E-state index contributed by atoms with van der Waals surface area (Å²) in [6.07, 6.45) is 4.20. The van der Waals surface area contributed by atoms with Gasteiger partial charge in [-0.25, -0.2) is 4.98 Å². The fraction of sp³-hybridized carbons (Fsp3) is 0.500. The largest absolute Gasteiger partial charge is 0.355 e. The number of hydrogen-bond acceptors (Lipinski definition) is 4. The maximum Gasteiger partial charge on any atom is 0.220 e. The highest BCUT2D eigenvalue weighted by atomic mass is 16.1. The minimum Gasteiger partial charge on any atom is -0.355 e. The summed E-state index contributed by atoms with van der Waals surface area (Å²) in [5.74, 6) is 1.42. The standard InChI is InChI=1S/C14H16N4O/c15-8-10-2-1-6-16-14(10)18-7-5-12-11(9-18)3-4-13(19)17-12/h1-2,6,11-12H,3-5,7,9H2,(H,17,19). The number of nitriles is 1. The van der Waals surface area contributed by atoms with Crippen LogP contribution >= 0.6 is 0 Å². The minimum absolute atomic E-state index is 0.172. The normalized spacial score (nSPS) is 26.3. The molecule has 2 aliphatic heterocycles. The fourth-order valence-electron chi connectivity index (χ4n) is 3.04. The van der Waals surface area contributed by atoms with Crippen LogP contribution < -0.4 is 10.2 Å². The predicted molar refractivity (Wildman–Crippen MR) is 70.4 cm³/mol. The number of pyridine rings is 1. The Morgan fingerprint density at radius 1 is 1.47 bits per heavy atom. The van der Waals surface area contributed by atoms with Crippen LogP contribution in [0, 0.1) is 17.2 Å². The molecule has 0 spiro atoms. The molecule has 1 amide bonds. The Morgan fingerprint density at radius 3 is 3.21 bits per heavy atom. The van der Waals surface area contributed by atoms with Gasteiger partial charge in [0.15, 0.2) is 0 Å². The van der Waals surface area contributed by atoms with Crippen LogP contribution in [0.15, 0.2) is 18.3 Å². The summed E-state index contributed by atoms with van der Waals surface area (Å²) in [5.41, 5.74) is 0.626. The molecule has 5 heteroatoms. The monoisotopic (exact) mass is 256 g/mol. The van der Waals surface area contributed by atoms with Gasteiger partial charge in [0, 0.05) is 31.7 Å². The Morgan fingerprint density at radius 2 is 2.37 bits per heavy atom. The van der Waals surface area contributed by atoms with E-state index < -0.39 is 0 Å². The van der Waals surface area contributed by atoms with E-state index in [9.17, 15) is 4.79 Å². The third-order valence-electron chi connectivity index (χ3n) is 4.03. The number of piperidine rings is 2. The third kappa shape index (κ3) is 2.26. The van der Waals surface area contributed by atoms with Gasteiger partial charge < -0.3 is 10.2 Å². The average molecular weight is 256 g/mol. The zero-order chi connectivity index (χ0) is 13.2. The fourth-order valence-corrected chi connectivity index (χ4v) is 3.04. The molecule has 0 aromatic carbocycles. The first kappa shape index (κ1) is 12.0. The third-order valence-corrected chi connectivity index (χ3v) is 4.03. The lowest BCUT2D eigenvalue weighted by atomic mass is 9.85. The molecule has 0 aliphatic carbocycles. The number of rotatable bonds is 1. The molecule has 3 heterocycles. The molecule has 5 nitrogen and oxygen atoms in total. The van der Waals surface area contributed by atoms with E-state index in [0.717, 1.165) is 31.7 Å². The van der Waals surface area contributed by atoms with Crippen molar-refractivity contribution in [1.29, 1.82) is 5.26 Å². The molecule has 2 aliphatic rings. The molecule has 1 aromatic rings. The van der Waals surface area contributed by atoms with Crippen molar-refractivity contribution in [2.75, 3.05) is 18.0 Å². The molecule has 0 bridgehead atoms. The average Bonchev–Trinajstić information content (AvgIpc) is 2.46. The number of hydrogen-bond donors (Lipinski definition) is 1. The number of nitrogens with one attached hydrogen (secondary N) is 1. The lowest BCUT2D eigenvalue weighted by molar-refractivity contribution is -0.124. The molecule has 1 aromatic heterocycles. The molecule has 0 radical (unpaired) electrons. The Labute approximate surface area is 112 Å². The van der Waals surface area contributed by atoms with Crippen molar-refractivity contribution in [3.63, 3.8) is 0 Å². The number of aromatic nitrogens is 1.